The first-order valence-electron chi connectivity index (χ1n) is 19.6. The van der Waals surface area contributed by atoms with Crippen molar-refractivity contribution in [1.82, 2.24) is 19.9 Å². The number of carbonyl (C=O) groups is 1. The number of para-hydroxylation sites is 1. The Bertz CT molecular complexity index is 2490. The Balaban J connectivity index is 1.30. The van der Waals surface area contributed by atoms with E-state index in [1.54, 1.807) is 39.0 Å². The smallest absolute Gasteiger partial charge is 0.412 e. The van der Waals surface area contributed by atoms with Crippen LogP contribution in [0.1, 0.15) is 64.1 Å². The summed E-state index contributed by atoms with van der Waals surface area (Å²) >= 11 is 0. The van der Waals surface area contributed by atoms with Crippen LogP contribution >= 0.6 is 0 Å². The molecule has 3 aliphatic rings. The molecule has 2 aromatic heterocycles. The number of benzene rings is 3. The highest BCUT2D eigenvalue weighted by molar-refractivity contribution is 6.04. The van der Waals surface area contributed by atoms with E-state index in [1.165, 1.54) is 25.3 Å². The SMILES string of the molecule is C#Cc1c(F)ccc2cc(OCOC)cc(-c3nc4c5c(nc(OC[C@@]67CCCN6C[C@H](F)C7)nc5c3F)N(C(C)c3ccccc3NC(=O)OC(C)(C)C)CCO4)c12. The van der Waals surface area contributed by atoms with Crippen molar-refractivity contribution in [2.24, 2.45) is 0 Å². The number of fused-ring (bicyclic) bond motifs is 2. The lowest BCUT2D eigenvalue weighted by Crippen LogP contribution is -2.43. The number of terminal acetylenes is 1. The van der Waals surface area contributed by atoms with Crippen LogP contribution in [0, 0.1) is 24.0 Å². The zero-order valence-electron chi connectivity index (χ0n) is 33.5. The minimum Gasteiger partial charge on any atom is -0.475 e. The van der Waals surface area contributed by atoms with Crippen LogP contribution in [0.5, 0.6) is 17.6 Å². The predicted molar refractivity (Wildman–Crippen MR) is 217 cm³/mol. The van der Waals surface area contributed by atoms with Gasteiger partial charge in [-0.05, 0) is 82.3 Å². The van der Waals surface area contributed by atoms with Crippen molar-refractivity contribution in [2.75, 3.05) is 57.0 Å². The van der Waals surface area contributed by atoms with Crippen LogP contribution in [0.3, 0.4) is 0 Å². The second-order valence-electron chi connectivity index (χ2n) is 16.1. The number of rotatable bonds is 10. The van der Waals surface area contributed by atoms with Gasteiger partial charge in [0, 0.05) is 36.7 Å². The molecule has 3 aliphatic heterocycles. The molecule has 0 bridgehead atoms. The molecule has 5 heterocycles. The Hall–Kier alpha value is -5.85. The van der Waals surface area contributed by atoms with E-state index in [9.17, 15) is 9.18 Å². The number of aromatic nitrogens is 3. The minimum absolute atomic E-state index is 0.0273. The molecule has 2 saturated heterocycles. The standard InChI is InChI=1S/C44H45F3N6O6/c1-7-29-32(46)14-13-26-19-28(58-24-55-6)20-31(34(26)29)37-36(47)38-35-39(51-41(50-38)57-23-44-15-10-16-52(44)22-27(45)21-44)53(17-18-56-40(35)49-37)25(2)30-11-8-9-12-33(30)48-42(54)59-43(3,4)5/h1,8-9,11-14,19-20,25,27H,10,15-18,21-24H2,2-6H3,(H,48,54)/t25?,27-,44+/m1/s1. The first-order valence-corrected chi connectivity index (χ1v) is 19.6. The van der Waals surface area contributed by atoms with Crippen LogP contribution in [0.2, 0.25) is 0 Å². The second-order valence-corrected chi connectivity index (χ2v) is 16.1. The number of ether oxygens (including phenoxy) is 5. The van der Waals surface area contributed by atoms with Gasteiger partial charge in [0.15, 0.2) is 12.6 Å². The van der Waals surface area contributed by atoms with Gasteiger partial charge in [-0.2, -0.15) is 9.97 Å². The molecule has 5 aromatic rings. The number of nitrogens with one attached hydrogen (secondary N) is 1. The quantitative estimate of drug-likeness (QED) is 0.108. The van der Waals surface area contributed by atoms with Gasteiger partial charge in [0.2, 0.25) is 5.88 Å². The van der Waals surface area contributed by atoms with E-state index in [4.69, 9.17) is 40.1 Å². The number of carbonyl (C=O) groups excluding carboxylic acids is 1. The summed E-state index contributed by atoms with van der Waals surface area (Å²) in [5.41, 5.74) is -0.392. The number of amides is 1. The predicted octanol–water partition coefficient (Wildman–Crippen LogP) is 8.35. The molecule has 3 atom stereocenters. The maximum Gasteiger partial charge on any atom is 0.412 e. The Morgan fingerprint density at radius 3 is 2.69 bits per heavy atom. The summed E-state index contributed by atoms with van der Waals surface area (Å²) in [5, 5.41) is 3.76. The van der Waals surface area contributed by atoms with Crippen molar-refractivity contribution >= 4 is 39.3 Å². The number of alkyl halides is 1. The molecule has 1 amide bonds. The van der Waals surface area contributed by atoms with Gasteiger partial charge in [-0.25, -0.2) is 22.9 Å². The van der Waals surface area contributed by atoms with Gasteiger partial charge in [0.05, 0.1) is 23.7 Å². The molecular formula is C44H45F3N6O6. The lowest BCUT2D eigenvalue weighted by atomic mass is 9.95. The highest BCUT2D eigenvalue weighted by Crippen LogP contribution is 2.45. The van der Waals surface area contributed by atoms with Gasteiger partial charge in [0.25, 0.3) is 0 Å². The van der Waals surface area contributed by atoms with E-state index in [1.807, 2.05) is 24.0 Å². The summed E-state index contributed by atoms with van der Waals surface area (Å²) in [5.74, 6) is 1.47. The van der Waals surface area contributed by atoms with Crippen LogP contribution < -0.4 is 24.4 Å². The summed E-state index contributed by atoms with van der Waals surface area (Å²) in [6.07, 6.45) is 6.17. The summed E-state index contributed by atoms with van der Waals surface area (Å²) in [6.45, 7) is 8.65. The van der Waals surface area contributed by atoms with Gasteiger partial charge in [-0.3, -0.25) is 10.2 Å². The molecule has 1 unspecified atom stereocenters. The fraction of sp³-hybridized carbons (Fsp3) is 0.409. The van der Waals surface area contributed by atoms with E-state index >= 15 is 8.78 Å². The average Bonchev–Trinajstić information content (AvgIpc) is 3.66. The molecule has 59 heavy (non-hydrogen) atoms. The number of hydrogen-bond acceptors (Lipinski definition) is 11. The summed E-state index contributed by atoms with van der Waals surface area (Å²) < 4.78 is 76.8. The zero-order valence-corrected chi connectivity index (χ0v) is 33.5. The maximum absolute atomic E-state index is 17.6. The van der Waals surface area contributed by atoms with E-state index in [0.717, 1.165) is 19.4 Å². The Labute approximate surface area is 340 Å². The van der Waals surface area contributed by atoms with Crippen LogP contribution in [0.25, 0.3) is 32.9 Å². The molecule has 0 spiro atoms. The van der Waals surface area contributed by atoms with E-state index in [-0.39, 0.29) is 77.4 Å². The fourth-order valence-electron chi connectivity index (χ4n) is 8.54. The van der Waals surface area contributed by atoms with Gasteiger partial charge in [0.1, 0.15) is 59.0 Å². The second kappa shape index (κ2) is 15.7. The number of methoxy groups -OCH3 is 1. The van der Waals surface area contributed by atoms with Crippen LogP contribution in [0.15, 0.2) is 48.5 Å². The number of halogens is 3. The summed E-state index contributed by atoms with van der Waals surface area (Å²) in [4.78, 5) is 31.3. The third-order valence-corrected chi connectivity index (χ3v) is 11.1. The lowest BCUT2D eigenvalue weighted by molar-refractivity contribution is 0.0512. The van der Waals surface area contributed by atoms with Crippen molar-refractivity contribution < 1.29 is 41.7 Å². The number of nitrogens with zero attached hydrogens (tertiary/aromatic N) is 5. The van der Waals surface area contributed by atoms with Gasteiger partial charge in [-0.15, -0.1) is 6.42 Å². The van der Waals surface area contributed by atoms with Crippen molar-refractivity contribution in [3.05, 3.63) is 71.3 Å². The third-order valence-electron chi connectivity index (χ3n) is 11.1. The van der Waals surface area contributed by atoms with Crippen molar-refractivity contribution in [3.63, 3.8) is 0 Å². The number of anilines is 2. The number of pyridine rings is 1. The average molecular weight is 811 g/mol. The van der Waals surface area contributed by atoms with E-state index in [0.29, 0.717) is 35.4 Å². The first-order chi connectivity index (χ1) is 28.3. The molecule has 2 fully saturated rings. The molecule has 15 heteroatoms. The van der Waals surface area contributed by atoms with Gasteiger partial charge >= 0.3 is 12.1 Å². The fourth-order valence-corrected chi connectivity index (χ4v) is 8.54. The first kappa shape index (κ1) is 40.0. The largest absolute Gasteiger partial charge is 0.475 e. The van der Waals surface area contributed by atoms with Gasteiger partial charge in [-0.1, -0.05) is 30.2 Å². The van der Waals surface area contributed by atoms with Crippen molar-refractivity contribution in [3.8, 4) is 41.2 Å². The van der Waals surface area contributed by atoms with Crippen LogP contribution in [-0.2, 0) is 9.47 Å². The Kier molecular flexibility index (Phi) is 10.6. The monoisotopic (exact) mass is 810 g/mol. The summed E-state index contributed by atoms with van der Waals surface area (Å²) in [7, 11) is 1.47. The maximum atomic E-state index is 17.6. The van der Waals surface area contributed by atoms with Crippen LogP contribution in [0.4, 0.5) is 29.5 Å². The topological polar surface area (TPSA) is 120 Å². The Morgan fingerprint density at radius 1 is 1.10 bits per heavy atom. The summed E-state index contributed by atoms with van der Waals surface area (Å²) in [6, 6.07) is 12.6. The molecule has 0 aliphatic carbocycles. The lowest BCUT2D eigenvalue weighted by Gasteiger charge is -2.32. The van der Waals surface area contributed by atoms with E-state index < -0.39 is 41.1 Å². The van der Waals surface area contributed by atoms with Crippen LogP contribution in [-0.4, -0.2) is 90.0 Å². The minimum atomic E-state index is -0.992. The molecule has 1 N–H and O–H groups in total. The normalized spacial score (nSPS) is 19.5. The van der Waals surface area contributed by atoms with Gasteiger partial charge < -0.3 is 28.6 Å². The molecule has 8 rings (SSSR count). The molecular weight excluding hydrogens is 766 g/mol. The number of hydrogen-bond donors (Lipinski definition) is 1. The third kappa shape index (κ3) is 7.63. The molecule has 0 radical (unpaired) electrons. The van der Waals surface area contributed by atoms with Crippen molar-refractivity contribution in [1.29, 1.82) is 0 Å². The Morgan fingerprint density at radius 2 is 1.92 bits per heavy atom. The molecule has 3 aromatic carbocycles. The van der Waals surface area contributed by atoms with E-state index in [2.05, 4.69) is 21.1 Å². The molecule has 12 nitrogen and oxygen atoms in total. The zero-order chi connectivity index (χ0) is 41.6. The highest BCUT2D eigenvalue weighted by atomic mass is 19.1. The molecule has 308 valence electrons. The van der Waals surface area contributed by atoms with Crippen molar-refractivity contribution in [2.45, 2.75) is 70.3 Å². The molecule has 0 saturated carbocycles. The highest BCUT2D eigenvalue weighted by Gasteiger charge is 2.49.